The number of carbonyl (C=O) groups excluding carboxylic acids is 1. The quantitative estimate of drug-likeness (QED) is 0.548. The van der Waals surface area contributed by atoms with Crippen LogP contribution in [0, 0.1) is 18.7 Å². The second kappa shape index (κ2) is 8.57. The fourth-order valence-corrected chi connectivity index (χ4v) is 5.53. The third-order valence-corrected chi connectivity index (χ3v) is 7.24. The van der Waals surface area contributed by atoms with E-state index >= 15 is 0 Å². The summed E-state index contributed by atoms with van der Waals surface area (Å²) >= 11 is 0.791. The van der Waals surface area contributed by atoms with Gasteiger partial charge in [-0.2, -0.15) is 13.2 Å². The molecule has 2 heterocycles. The number of anilines is 1. The Kier molecular flexibility index (Phi) is 6.14. The molecule has 0 unspecified atom stereocenters. The molecule has 0 spiro atoms. The van der Waals surface area contributed by atoms with Crippen molar-refractivity contribution < 1.29 is 35.9 Å². The number of nitrogens with one attached hydrogen (secondary N) is 1. The lowest BCUT2D eigenvalue weighted by molar-refractivity contribution is -0.154. The minimum Gasteiger partial charge on any atom is -0.467 e. The molecule has 1 aromatic carbocycles. The van der Waals surface area contributed by atoms with Gasteiger partial charge in [-0.05, 0) is 38.5 Å². The predicted molar refractivity (Wildman–Crippen MR) is 116 cm³/mol. The maximum Gasteiger partial charge on any atom is 0.422 e. The summed E-state index contributed by atoms with van der Waals surface area (Å²) in [6.07, 6.45) is -6.27. The molecular formula is C21H19F6N5O2S. The van der Waals surface area contributed by atoms with E-state index in [1.54, 1.807) is 0 Å². The zero-order valence-electron chi connectivity index (χ0n) is 18.3. The van der Waals surface area contributed by atoms with Crippen LogP contribution in [0.4, 0.5) is 32.0 Å². The number of aromatic nitrogens is 2. The number of hydrogen-bond acceptors (Lipinski definition) is 7. The number of fused-ring (bicyclic) bond motifs is 1. The second-order valence-corrected chi connectivity index (χ2v) is 9.79. The third-order valence-electron chi connectivity index (χ3n) is 5.93. The predicted octanol–water partition coefficient (Wildman–Crippen LogP) is 4.42. The number of amides is 1. The van der Waals surface area contributed by atoms with Crippen LogP contribution in [0.5, 0.6) is 5.88 Å². The van der Waals surface area contributed by atoms with Gasteiger partial charge in [0, 0.05) is 17.2 Å². The highest BCUT2D eigenvalue weighted by molar-refractivity contribution is 8.15. The molecule has 3 atom stereocenters. The van der Waals surface area contributed by atoms with Crippen LogP contribution >= 0.6 is 11.8 Å². The van der Waals surface area contributed by atoms with Crippen molar-refractivity contribution in [1.82, 2.24) is 9.97 Å². The van der Waals surface area contributed by atoms with Crippen LogP contribution in [0.3, 0.4) is 0 Å². The van der Waals surface area contributed by atoms with Gasteiger partial charge in [0.2, 0.25) is 5.88 Å². The molecule has 4 rings (SSSR count). The summed E-state index contributed by atoms with van der Waals surface area (Å²) in [5.41, 5.74) is 4.35. The normalized spacial score (nSPS) is 25.6. The van der Waals surface area contributed by atoms with Crippen molar-refractivity contribution in [3.05, 3.63) is 47.2 Å². The Labute approximate surface area is 199 Å². The van der Waals surface area contributed by atoms with Gasteiger partial charge in [-0.1, -0.05) is 11.8 Å². The van der Waals surface area contributed by atoms with Crippen LogP contribution in [0.2, 0.25) is 0 Å². The number of benzene rings is 1. The summed E-state index contributed by atoms with van der Waals surface area (Å²) < 4.78 is 82.3. The highest BCUT2D eigenvalue weighted by atomic mass is 32.2. The Hall–Kier alpha value is -3.03. The number of halogens is 6. The Balaban J connectivity index is 1.56. The van der Waals surface area contributed by atoms with Gasteiger partial charge in [-0.15, -0.1) is 0 Å². The molecule has 14 heteroatoms. The van der Waals surface area contributed by atoms with Gasteiger partial charge in [0.05, 0.1) is 22.2 Å². The molecule has 1 aliphatic carbocycles. The molecule has 3 N–H and O–H groups in total. The van der Waals surface area contributed by atoms with Gasteiger partial charge >= 0.3 is 6.18 Å². The first-order chi connectivity index (χ1) is 16.2. The van der Waals surface area contributed by atoms with Crippen molar-refractivity contribution in [3.8, 4) is 5.88 Å². The largest absolute Gasteiger partial charge is 0.467 e. The van der Waals surface area contributed by atoms with E-state index in [-0.39, 0.29) is 34.2 Å². The standard InChI is InChI=1S/C21H19F6N5O2S/c1-9-15(29-7-14(30-9)34-8-21(25,26)27)16(33)31-10-3-4-12(22)11(5-10)19(2)13-6-20(13,17(23)24)35-18(28)32-19/h3-5,7,13,17H,6,8H2,1-2H3,(H2,28,32)(H,31,33)/t13-,19-,20-/m0/s1. The third kappa shape index (κ3) is 4.75. The van der Waals surface area contributed by atoms with Crippen LogP contribution in [-0.4, -0.2) is 45.0 Å². The number of rotatable bonds is 6. The van der Waals surface area contributed by atoms with E-state index in [1.165, 1.54) is 26.0 Å². The molecule has 1 amide bonds. The van der Waals surface area contributed by atoms with Crippen molar-refractivity contribution in [2.24, 2.45) is 16.6 Å². The van der Waals surface area contributed by atoms with E-state index in [1.807, 2.05) is 0 Å². The number of alkyl halides is 5. The van der Waals surface area contributed by atoms with Gasteiger partial charge in [0.1, 0.15) is 11.5 Å². The molecule has 0 saturated heterocycles. The minimum atomic E-state index is -4.57. The van der Waals surface area contributed by atoms with Crippen LogP contribution < -0.4 is 15.8 Å². The van der Waals surface area contributed by atoms with Gasteiger partial charge in [-0.25, -0.2) is 23.1 Å². The fraction of sp³-hybridized carbons (Fsp3) is 0.429. The first-order valence-electron chi connectivity index (χ1n) is 10.2. The van der Waals surface area contributed by atoms with E-state index in [4.69, 9.17) is 5.73 Å². The van der Waals surface area contributed by atoms with Crippen molar-refractivity contribution in [2.45, 2.75) is 43.2 Å². The Morgan fingerprint density at radius 2 is 2.09 bits per heavy atom. The molecule has 1 aromatic heterocycles. The highest BCUT2D eigenvalue weighted by Crippen LogP contribution is 2.68. The molecule has 1 saturated carbocycles. The van der Waals surface area contributed by atoms with E-state index in [0.29, 0.717) is 0 Å². The number of nitrogens with zero attached hydrogens (tertiary/aromatic N) is 3. The molecular weight excluding hydrogens is 500 g/mol. The van der Waals surface area contributed by atoms with Crippen LogP contribution in [0.25, 0.3) is 0 Å². The molecule has 0 bridgehead atoms. The number of ether oxygens (including phenoxy) is 1. The van der Waals surface area contributed by atoms with Gasteiger partial charge < -0.3 is 15.8 Å². The average Bonchev–Trinajstić information content (AvgIpc) is 3.50. The van der Waals surface area contributed by atoms with Crippen LogP contribution in [0.15, 0.2) is 29.4 Å². The lowest BCUT2D eigenvalue weighted by Crippen LogP contribution is -2.38. The summed E-state index contributed by atoms with van der Waals surface area (Å²) in [5.74, 6) is -2.54. The molecule has 188 valence electrons. The number of aryl methyl sites for hydroxylation is 1. The van der Waals surface area contributed by atoms with E-state index in [9.17, 15) is 31.1 Å². The van der Waals surface area contributed by atoms with Gasteiger partial charge in [0.15, 0.2) is 11.8 Å². The smallest absolute Gasteiger partial charge is 0.422 e. The maximum atomic E-state index is 14.8. The molecule has 1 aliphatic heterocycles. The topological polar surface area (TPSA) is 102 Å². The lowest BCUT2D eigenvalue weighted by Gasteiger charge is -2.34. The van der Waals surface area contributed by atoms with Crippen molar-refractivity contribution in [3.63, 3.8) is 0 Å². The number of carbonyl (C=O) groups is 1. The molecule has 2 aromatic rings. The molecule has 7 nitrogen and oxygen atoms in total. The second-order valence-electron chi connectivity index (χ2n) is 8.41. The van der Waals surface area contributed by atoms with Crippen LogP contribution in [0.1, 0.15) is 35.1 Å². The molecule has 0 radical (unpaired) electrons. The number of nitrogens with two attached hydrogens (primary N) is 1. The Bertz CT molecular complexity index is 1210. The molecule has 2 aliphatic rings. The maximum absolute atomic E-state index is 14.8. The molecule has 35 heavy (non-hydrogen) atoms. The fourth-order valence-electron chi connectivity index (χ4n) is 4.20. The zero-order valence-corrected chi connectivity index (χ0v) is 19.1. The van der Waals surface area contributed by atoms with E-state index in [2.05, 4.69) is 25.0 Å². The first-order valence-corrected chi connectivity index (χ1v) is 11.0. The van der Waals surface area contributed by atoms with Crippen molar-refractivity contribution in [2.75, 3.05) is 11.9 Å². The number of hydrogen-bond donors (Lipinski definition) is 2. The van der Waals surface area contributed by atoms with E-state index in [0.717, 1.165) is 24.0 Å². The number of amidine groups is 1. The summed E-state index contributed by atoms with van der Waals surface area (Å²) in [4.78, 5) is 24.6. The summed E-state index contributed by atoms with van der Waals surface area (Å²) in [7, 11) is 0. The van der Waals surface area contributed by atoms with Gasteiger partial charge in [-0.3, -0.25) is 9.79 Å². The Morgan fingerprint density at radius 3 is 2.71 bits per heavy atom. The van der Waals surface area contributed by atoms with E-state index < -0.39 is 53.0 Å². The number of thioether (sulfide) groups is 1. The highest BCUT2D eigenvalue weighted by Gasteiger charge is 2.71. The summed E-state index contributed by atoms with van der Waals surface area (Å²) in [5, 5.41) is 2.43. The number of aliphatic imine (C=N–C) groups is 1. The first kappa shape index (κ1) is 25.1. The van der Waals surface area contributed by atoms with Crippen molar-refractivity contribution >= 4 is 28.5 Å². The summed E-state index contributed by atoms with van der Waals surface area (Å²) in [6.45, 7) is 1.31. The monoisotopic (exact) mass is 519 g/mol. The average molecular weight is 519 g/mol. The molecule has 1 fully saturated rings. The van der Waals surface area contributed by atoms with Crippen LogP contribution in [-0.2, 0) is 5.54 Å². The Morgan fingerprint density at radius 1 is 1.37 bits per heavy atom. The zero-order chi connectivity index (χ0) is 25.8. The van der Waals surface area contributed by atoms with Gasteiger partial charge in [0.25, 0.3) is 12.3 Å². The summed E-state index contributed by atoms with van der Waals surface area (Å²) in [6, 6.07) is 3.63. The lowest BCUT2D eigenvalue weighted by atomic mass is 9.85. The SMILES string of the molecule is Cc1nc(OCC(F)(F)F)cnc1C(=O)Nc1ccc(F)c([C@]2(C)N=C(N)S[C@@]3(C(F)F)C[C@@H]23)c1. The van der Waals surface area contributed by atoms with Crippen molar-refractivity contribution in [1.29, 1.82) is 0 Å². The minimum absolute atomic E-state index is 0.00199.